The molecule has 0 bridgehead atoms. The summed E-state index contributed by atoms with van der Waals surface area (Å²) >= 11 is 0. The van der Waals surface area contributed by atoms with Gasteiger partial charge < -0.3 is 10.0 Å². The Labute approximate surface area is 170 Å². The van der Waals surface area contributed by atoms with Crippen molar-refractivity contribution in [2.24, 2.45) is 0 Å². The molecule has 1 aliphatic carbocycles. The molecule has 0 saturated heterocycles. The van der Waals surface area contributed by atoms with Crippen LogP contribution in [-0.4, -0.2) is 17.2 Å². The van der Waals surface area contributed by atoms with E-state index in [1.165, 1.54) is 16.7 Å². The molecule has 0 heterocycles. The summed E-state index contributed by atoms with van der Waals surface area (Å²) in [4.78, 5) is 0. The Balaban J connectivity index is 1.76. The molecule has 3 heteroatoms. The van der Waals surface area contributed by atoms with Gasteiger partial charge in [0.25, 0.3) is 0 Å². The van der Waals surface area contributed by atoms with Gasteiger partial charge in [0, 0.05) is 5.92 Å². The highest BCUT2D eigenvalue weighted by Gasteiger charge is 2.24. The summed E-state index contributed by atoms with van der Waals surface area (Å²) in [6, 6.07) is 26.6. The maximum atomic E-state index is 10.1. The number of hydrogen-bond donors (Lipinski definition) is 2. The quantitative estimate of drug-likeness (QED) is 0.398. The topological polar surface area (TPSA) is 40.5 Å². The summed E-state index contributed by atoms with van der Waals surface area (Å²) in [6.45, 7) is 0. The van der Waals surface area contributed by atoms with E-state index in [9.17, 15) is 10.0 Å². The lowest BCUT2D eigenvalue weighted by Gasteiger charge is -2.23. The molecule has 4 aromatic carbocycles. The fourth-order valence-electron chi connectivity index (χ4n) is 4.58. The molecular formula is C26H21BO2. The van der Waals surface area contributed by atoms with Crippen LogP contribution in [0.5, 0.6) is 0 Å². The summed E-state index contributed by atoms with van der Waals surface area (Å²) in [6.07, 6.45) is 7.52. The molecule has 0 radical (unpaired) electrons. The SMILES string of the molecule is OB(O)c1c2ccccc2c(C2=CC=CC(c3ccccc3)C2)c2ccccc12. The van der Waals surface area contributed by atoms with Crippen molar-refractivity contribution in [3.63, 3.8) is 0 Å². The Morgan fingerprint density at radius 1 is 0.690 bits per heavy atom. The molecule has 5 rings (SSSR count). The third-order valence-corrected chi connectivity index (χ3v) is 5.86. The summed E-state index contributed by atoms with van der Waals surface area (Å²) in [5.74, 6) is 0.330. The molecule has 0 spiro atoms. The minimum Gasteiger partial charge on any atom is -0.423 e. The normalized spacial score (nSPS) is 16.2. The van der Waals surface area contributed by atoms with E-state index < -0.39 is 7.12 Å². The van der Waals surface area contributed by atoms with Gasteiger partial charge in [-0.1, -0.05) is 97.1 Å². The van der Waals surface area contributed by atoms with Crippen molar-refractivity contribution < 1.29 is 10.0 Å². The fourth-order valence-corrected chi connectivity index (χ4v) is 4.58. The van der Waals surface area contributed by atoms with Crippen molar-refractivity contribution in [1.82, 2.24) is 0 Å². The minimum absolute atomic E-state index is 0.330. The van der Waals surface area contributed by atoms with Crippen LogP contribution in [0.3, 0.4) is 0 Å². The standard InChI is InChI=1S/C26H21BO2/c28-27(29)26-23-15-6-4-13-21(23)25(22-14-5-7-16-24(22)26)20-12-8-11-19(17-20)18-9-2-1-3-10-18/h1-16,19,28-29H,17H2. The first-order valence-corrected chi connectivity index (χ1v) is 9.96. The van der Waals surface area contributed by atoms with Crippen molar-refractivity contribution in [2.75, 3.05) is 0 Å². The molecular weight excluding hydrogens is 355 g/mol. The van der Waals surface area contributed by atoms with E-state index in [-0.39, 0.29) is 0 Å². The van der Waals surface area contributed by atoms with E-state index in [2.05, 4.69) is 54.6 Å². The third-order valence-electron chi connectivity index (χ3n) is 5.86. The molecule has 2 N–H and O–H groups in total. The predicted octanol–water partition coefficient (Wildman–Crippen LogP) is 4.80. The molecule has 1 unspecified atom stereocenters. The highest BCUT2D eigenvalue weighted by atomic mass is 16.4. The summed E-state index contributed by atoms with van der Waals surface area (Å²) < 4.78 is 0. The first kappa shape index (κ1) is 17.9. The van der Waals surface area contributed by atoms with E-state index in [1.54, 1.807) is 0 Å². The first-order valence-electron chi connectivity index (χ1n) is 9.96. The highest BCUT2D eigenvalue weighted by Crippen LogP contribution is 2.39. The van der Waals surface area contributed by atoms with Crippen molar-refractivity contribution >= 4 is 39.7 Å². The minimum atomic E-state index is -1.52. The lowest BCUT2D eigenvalue weighted by Crippen LogP contribution is -2.31. The van der Waals surface area contributed by atoms with Crippen LogP contribution in [0, 0.1) is 0 Å². The van der Waals surface area contributed by atoms with Crippen molar-refractivity contribution in [1.29, 1.82) is 0 Å². The van der Waals surface area contributed by atoms with E-state index in [0.717, 1.165) is 28.0 Å². The van der Waals surface area contributed by atoms with Gasteiger partial charge in [-0.3, -0.25) is 0 Å². The van der Waals surface area contributed by atoms with Gasteiger partial charge in [-0.05, 0) is 50.1 Å². The Hall–Kier alpha value is -3.14. The monoisotopic (exact) mass is 376 g/mol. The zero-order valence-electron chi connectivity index (χ0n) is 16.0. The number of rotatable bonds is 3. The van der Waals surface area contributed by atoms with E-state index in [0.29, 0.717) is 11.4 Å². The summed E-state index contributed by atoms with van der Waals surface area (Å²) in [7, 11) is -1.52. The first-order chi connectivity index (χ1) is 14.2. The van der Waals surface area contributed by atoms with Gasteiger partial charge in [-0.15, -0.1) is 0 Å². The van der Waals surface area contributed by atoms with Gasteiger partial charge in [0.1, 0.15) is 0 Å². The predicted molar refractivity (Wildman–Crippen MR) is 122 cm³/mol. The lowest BCUT2D eigenvalue weighted by molar-refractivity contribution is 0.426. The van der Waals surface area contributed by atoms with Crippen molar-refractivity contribution in [2.45, 2.75) is 12.3 Å². The van der Waals surface area contributed by atoms with Gasteiger partial charge in [0.15, 0.2) is 0 Å². The van der Waals surface area contributed by atoms with Crippen LogP contribution >= 0.6 is 0 Å². The fraction of sp³-hybridized carbons (Fsp3) is 0.0769. The van der Waals surface area contributed by atoms with Crippen LogP contribution in [0.2, 0.25) is 0 Å². The van der Waals surface area contributed by atoms with Crippen LogP contribution in [0.25, 0.3) is 27.1 Å². The van der Waals surface area contributed by atoms with Gasteiger partial charge in [0.2, 0.25) is 0 Å². The van der Waals surface area contributed by atoms with Crippen LogP contribution in [0.15, 0.2) is 97.1 Å². The average molecular weight is 376 g/mol. The highest BCUT2D eigenvalue weighted by molar-refractivity contribution is 6.65. The molecule has 0 saturated carbocycles. The van der Waals surface area contributed by atoms with Gasteiger partial charge >= 0.3 is 7.12 Å². The summed E-state index contributed by atoms with van der Waals surface area (Å²) in [5, 5.41) is 24.2. The second-order valence-electron chi connectivity index (χ2n) is 7.55. The second kappa shape index (κ2) is 7.36. The Morgan fingerprint density at radius 3 is 1.83 bits per heavy atom. The van der Waals surface area contributed by atoms with Crippen LogP contribution in [0.1, 0.15) is 23.5 Å². The molecule has 4 aromatic rings. The zero-order chi connectivity index (χ0) is 19.8. The maximum absolute atomic E-state index is 10.1. The molecule has 0 amide bonds. The van der Waals surface area contributed by atoms with Crippen LogP contribution < -0.4 is 5.46 Å². The molecule has 1 aliphatic rings. The summed E-state index contributed by atoms with van der Waals surface area (Å²) in [5.41, 5.74) is 4.34. The number of allylic oxidation sites excluding steroid dienone is 4. The van der Waals surface area contributed by atoms with E-state index in [4.69, 9.17) is 0 Å². The van der Waals surface area contributed by atoms with E-state index >= 15 is 0 Å². The van der Waals surface area contributed by atoms with Gasteiger partial charge in [0.05, 0.1) is 0 Å². The van der Waals surface area contributed by atoms with Crippen molar-refractivity contribution in [3.05, 3.63) is 108 Å². The Morgan fingerprint density at radius 2 is 1.24 bits per heavy atom. The molecule has 0 fully saturated rings. The number of hydrogen-bond acceptors (Lipinski definition) is 2. The number of fused-ring (bicyclic) bond motifs is 2. The lowest BCUT2D eigenvalue weighted by atomic mass is 9.71. The molecule has 29 heavy (non-hydrogen) atoms. The van der Waals surface area contributed by atoms with Gasteiger partial charge in [-0.25, -0.2) is 0 Å². The molecule has 2 nitrogen and oxygen atoms in total. The third kappa shape index (κ3) is 3.09. The largest absolute Gasteiger partial charge is 0.489 e. The van der Waals surface area contributed by atoms with Gasteiger partial charge in [-0.2, -0.15) is 0 Å². The Bertz CT molecular complexity index is 1200. The zero-order valence-corrected chi connectivity index (χ0v) is 16.0. The van der Waals surface area contributed by atoms with Crippen LogP contribution in [-0.2, 0) is 0 Å². The average Bonchev–Trinajstić information content (AvgIpc) is 2.77. The van der Waals surface area contributed by atoms with Crippen molar-refractivity contribution in [3.8, 4) is 0 Å². The Kier molecular flexibility index (Phi) is 4.55. The number of benzene rings is 4. The van der Waals surface area contributed by atoms with Crippen LogP contribution in [0.4, 0.5) is 0 Å². The smallest absolute Gasteiger partial charge is 0.423 e. The maximum Gasteiger partial charge on any atom is 0.489 e. The molecule has 140 valence electrons. The second-order valence-corrected chi connectivity index (χ2v) is 7.55. The van der Waals surface area contributed by atoms with E-state index in [1.807, 2.05) is 42.5 Å². The molecule has 0 aliphatic heterocycles. The molecule has 1 atom stereocenters. The molecule has 0 aromatic heterocycles.